The number of aromatic nitrogens is 1. The summed E-state index contributed by atoms with van der Waals surface area (Å²) in [5.74, 6) is -0.838. The number of nitrogens with one attached hydrogen (secondary N) is 2. The minimum Gasteiger partial charge on any atom is -0.348 e. The number of piperidine rings is 1. The molecule has 1 saturated heterocycles. The van der Waals surface area contributed by atoms with E-state index < -0.39 is 11.8 Å². The van der Waals surface area contributed by atoms with Crippen LogP contribution in [0.4, 0.5) is 5.69 Å². The number of carbonyl (C=O) groups is 2. The van der Waals surface area contributed by atoms with E-state index in [0.717, 1.165) is 49.1 Å². The molecule has 0 bridgehead atoms. The van der Waals surface area contributed by atoms with Crippen molar-refractivity contribution < 1.29 is 9.59 Å². The predicted molar refractivity (Wildman–Crippen MR) is 123 cm³/mol. The van der Waals surface area contributed by atoms with Gasteiger partial charge in [-0.05, 0) is 56.5 Å². The molecule has 6 nitrogen and oxygen atoms in total. The number of hydrogen-bond acceptors (Lipinski definition) is 4. The Hall–Kier alpha value is -3.25. The molecule has 0 spiro atoms. The van der Waals surface area contributed by atoms with Gasteiger partial charge in [0.05, 0.1) is 11.2 Å². The van der Waals surface area contributed by atoms with Gasteiger partial charge >= 0.3 is 11.8 Å². The maximum absolute atomic E-state index is 12.4. The Morgan fingerprint density at radius 3 is 2.48 bits per heavy atom. The van der Waals surface area contributed by atoms with E-state index in [2.05, 4.69) is 44.8 Å². The average molecular weight is 417 g/mol. The Morgan fingerprint density at radius 2 is 1.71 bits per heavy atom. The van der Waals surface area contributed by atoms with Gasteiger partial charge in [-0.25, -0.2) is 0 Å². The van der Waals surface area contributed by atoms with Crippen LogP contribution in [0.2, 0.25) is 0 Å². The molecule has 0 aliphatic carbocycles. The van der Waals surface area contributed by atoms with Crippen molar-refractivity contribution in [3.05, 3.63) is 71.9 Å². The predicted octanol–water partition coefficient (Wildman–Crippen LogP) is 3.51. The van der Waals surface area contributed by atoms with Crippen LogP contribution in [0, 0.1) is 12.8 Å². The molecular formula is C25H28N4O2. The molecule has 1 aliphatic heterocycles. The summed E-state index contributed by atoms with van der Waals surface area (Å²) in [5.41, 5.74) is 3.51. The number of para-hydroxylation sites is 1. The van der Waals surface area contributed by atoms with Gasteiger partial charge in [-0.15, -0.1) is 0 Å². The van der Waals surface area contributed by atoms with Crippen LogP contribution in [-0.4, -0.2) is 41.3 Å². The average Bonchev–Trinajstić information content (AvgIpc) is 2.79. The fourth-order valence-electron chi connectivity index (χ4n) is 4.10. The number of carbonyl (C=O) groups excluding carboxylic acids is 2. The van der Waals surface area contributed by atoms with Crippen LogP contribution in [0.1, 0.15) is 24.1 Å². The minimum atomic E-state index is -0.641. The van der Waals surface area contributed by atoms with Crippen molar-refractivity contribution >= 4 is 28.4 Å². The lowest BCUT2D eigenvalue weighted by Crippen LogP contribution is -2.41. The second kappa shape index (κ2) is 9.71. The van der Waals surface area contributed by atoms with E-state index in [1.165, 1.54) is 5.56 Å². The van der Waals surface area contributed by atoms with Crippen molar-refractivity contribution in [2.45, 2.75) is 26.3 Å². The number of likely N-dealkylation sites (tertiary alicyclic amines) is 1. The molecule has 31 heavy (non-hydrogen) atoms. The molecule has 6 heteroatoms. The lowest BCUT2D eigenvalue weighted by molar-refractivity contribution is -0.136. The Labute approximate surface area is 182 Å². The van der Waals surface area contributed by atoms with Gasteiger partial charge in [0.25, 0.3) is 0 Å². The van der Waals surface area contributed by atoms with Gasteiger partial charge in [0, 0.05) is 24.2 Å². The zero-order chi connectivity index (χ0) is 21.6. The van der Waals surface area contributed by atoms with E-state index in [1.807, 2.05) is 37.3 Å². The smallest absolute Gasteiger partial charge is 0.313 e. The fraction of sp³-hybridized carbons (Fsp3) is 0.320. The van der Waals surface area contributed by atoms with Gasteiger partial charge in [-0.3, -0.25) is 19.5 Å². The number of pyridine rings is 1. The number of fused-ring (bicyclic) bond motifs is 1. The largest absolute Gasteiger partial charge is 0.348 e. The van der Waals surface area contributed by atoms with Crippen molar-refractivity contribution in [2.24, 2.45) is 5.92 Å². The number of amides is 2. The summed E-state index contributed by atoms with van der Waals surface area (Å²) in [6.45, 7) is 5.36. The highest BCUT2D eigenvalue weighted by Gasteiger charge is 2.22. The van der Waals surface area contributed by atoms with Crippen molar-refractivity contribution in [1.82, 2.24) is 15.2 Å². The first-order valence-electron chi connectivity index (χ1n) is 10.8. The zero-order valence-corrected chi connectivity index (χ0v) is 17.8. The number of hydrogen-bond donors (Lipinski definition) is 2. The third kappa shape index (κ3) is 5.47. The molecule has 3 aromatic rings. The third-order valence-electron chi connectivity index (χ3n) is 5.81. The maximum Gasteiger partial charge on any atom is 0.313 e. The molecule has 160 valence electrons. The quantitative estimate of drug-likeness (QED) is 0.624. The molecule has 2 N–H and O–H groups in total. The van der Waals surface area contributed by atoms with Crippen LogP contribution >= 0.6 is 0 Å². The summed E-state index contributed by atoms with van der Waals surface area (Å²) >= 11 is 0. The van der Waals surface area contributed by atoms with Gasteiger partial charge in [-0.2, -0.15) is 0 Å². The molecule has 0 atom stereocenters. The molecule has 2 heterocycles. The van der Waals surface area contributed by atoms with E-state index in [9.17, 15) is 9.59 Å². The number of rotatable bonds is 5. The van der Waals surface area contributed by atoms with Gasteiger partial charge in [0.1, 0.15) is 0 Å². The van der Waals surface area contributed by atoms with Crippen LogP contribution in [0.15, 0.2) is 60.7 Å². The monoisotopic (exact) mass is 416 g/mol. The molecule has 1 aliphatic rings. The van der Waals surface area contributed by atoms with Gasteiger partial charge in [0.15, 0.2) is 0 Å². The van der Waals surface area contributed by atoms with Crippen LogP contribution in [0.3, 0.4) is 0 Å². The second-order valence-electron chi connectivity index (χ2n) is 8.20. The van der Waals surface area contributed by atoms with Crippen molar-refractivity contribution in [1.29, 1.82) is 0 Å². The molecule has 0 saturated carbocycles. The maximum atomic E-state index is 12.4. The normalized spacial score (nSPS) is 15.0. The minimum absolute atomic E-state index is 0.396. The highest BCUT2D eigenvalue weighted by molar-refractivity contribution is 6.40. The lowest BCUT2D eigenvalue weighted by atomic mass is 9.96. The van der Waals surface area contributed by atoms with Gasteiger partial charge in [-0.1, -0.05) is 48.5 Å². The number of anilines is 1. The highest BCUT2D eigenvalue weighted by atomic mass is 16.2. The van der Waals surface area contributed by atoms with Crippen molar-refractivity contribution in [3.63, 3.8) is 0 Å². The first-order chi connectivity index (χ1) is 15.1. The molecule has 0 radical (unpaired) electrons. The SMILES string of the molecule is Cc1cc(NC(=O)C(=O)NCC2CCN(Cc3ccccc3)CC2)c2ccccc2n1. The Bertz CT molecular complexity index is 1060. The summed E-state index contributed by atoms with van der Waals surface area (Å²) < 4.78 is 0. The molecule has 2 amide bonds. The van der Waals surface area contributed by atoms with Gasteiger partial charge in [0.2, 0.25) is 0 Å². The van der Waals surface area contributed by atoms with Crippen molar-refractivity contribution in [2.75, 3.05) is 25.0 Å². The molecule has 4 rings (SSSR count). The van der Waals surface area contributed by atoms with Crippen LogP contribution < -0.4 is 10.6 Å². The van der Waals surface area contributed by atoms with Gasteiger partial charge < -0.3 is 10.6 Å². The molecule has 1 aromatic heterocycles. The van der Waals surface area contributed by atoms with Crippen LogP contribution in [-0.2, 0) is 16.1 Å². The van der Waals surface area contributed by atoms with Crippen molar-refractivity contribution in [3.8, 4) is 0 Å². The zero-order valence-electron chi connectivity index (χ0n) is 17.8. The number of benzene rings is 2. The summed E-state index contributed by atoms with van der Waals surface area (Å²) in [6, 6.07) is 19.8. The second-order valence-corrected chi connectivity index (χ2v) is 8.20. The highest BCUT2D eigenvalue weighted by Crippen LogP contribution is 2.23. The standard InChI is InChI=1S/C25H28N4O2/c1-18-15-23(21-9-5-6-10-22(21)27-18)28-25(31)24(30)26-16-19-11-13-29(14-12-19)17-20-7-3-2-4-8-20/h2-10,15,19H,11-14,16-17H2,1H3,(H,26,30)(H,27,28,31). The number of nitrogens with zero attached hydrogens (tertiary/aromatic N) is 2. The third-order valence-corrected chi connectivity index (χ3v) is 5.81. The lowest BCUT2D eigenvalue weighted by Gasteiger charge is -2.32. The van der Waals surface area contributed by atoms with E-state index in [1.54, 1.807) is 6.07 Å². The van der Waals surface area contributed by atoms with Crippen LogP contribution in [0.25, 0.3) is 10.9 Å². The Kier molecular flexibility index (Phi) is 6.57. The topological polar surface area (TPSA) is 74.3 Å². The van der Waals surface area contributed by atoms with Crippen LogP contribution in [0.5, 0.6) is 0 Å². The van der Waals surface area contributed by atoms with E-state index >= 15 is 0 Å². The first-order valence-corrected chi connectivity index (χ1v) is 10.8. The molecular weight excluding hydrogens is 388 g/mol. The van der Waals surface area contributed by atoms with E-state index in [4.69, 9.17) is 0 Å². The Morgan fingerprint density at radius 1 is 1.00 bits per heavy atom. The van der Waals surface area contributed by atoms with E-state index in [0.29, 0.717) is 18.2 Å². The summed E-state index contributed by atoms with van der Waals surface area (Å²) in [7, 11) is 0. The molecule has 1 fully saturated rings. The van der Waals surface area contributed by atoms with E-state index in [-0.39, 0.29) is 0 Å². The summed E-state index contributed by atoms with van der Waals surface area (Å²) in [4.78, 5) is 31.7. The first kappa shape index (κ1) is 21.0. The fourth-order valence-corrected chi connectivity index (χ4v) is 4.10. The number of aryl methyl sites for hydroxylation is 1. The summed E-state index contributed by atoms with van der Waals surface area (Å²) in [6.07, 6.45) is 2.03. The Balaban J connectivity index is 1.26. The molecule has 0 unspecified atom stereocenters. The summed E-state index contributed by atoms with van der Waals surface area (Å²) in [5, 5.41) is 6.38. The molecule has 2 aromatic carbocycles.